The lowest BCUT2D eigenvalue weighted by Crippen LogP contribution is -2.03. The average Bonchev–Trinajstić information content (AvgIpc) is 3.74. The molecule has 0 aliphatic carbocycles. The van der Waals surface area contributed by atoms with E-state index >= 15 is 0 Å². The number of para-hydroxylation sites is 4. The first-order chi connectivity index (χ1) is 26.2. The standard InChI is InChI=1S/C49H35N3O/c50-49-43(29-35(34-17-5-2-6-18-34)30-48(49)53-32-33-15-3-1-4-16-33)36-27-37(51-44-23-11-7-19-39(44)40-20-8-12-24-45(40)51)31-38(28-36)52-46-25-13-9-21-41(46)42-22-10-14-26-47(42)52/h1-31H,32,50H2. The smallest absolute Gasteiger partial charge is 0.143 e. The van der Waals surface area contributed by atoms with Crippen molar-refractivity contribution in [1.29, 1.82) is 0 Å². The molecule has 252 valence electrons. The highest BCUT2D eigenvalue weighted by atomic mass is 16.5. The summed E-state index contributed by atoms with van der Waals surface area (Å²) >= 11 is 0. The Labute approximate surface area is 307 Å². The second-order valence-electron chi connectivity index (χ2n) is 13.6. The van der Waals surface area contributed by atoms with Crippen LogP contribution in [0.2, 0.25) is 0 Å². The van der Waals surface area contributed by atoms with Gasteiger partial charge >= 0.3 is 0 Å². The van der Waals surface area contributed by atoms with E-state index in [1.807, 2.05) is 24.3 Å². The monoisotopic (exact) mass is 681 g/mol. The van der Waals surface area contributed by atoms with E-state index in [0.717, 1.165) is 61.3 Å². The van der Waals surface area contributed by atoms with E-state index in [9.17, 15) is 0 Å². The molecule has 0 aliphatic rings. The van der Waals surface area contributed by atoms with Gasteiger partial charge in [0.15, 0.2) is 0 Å². The van der Waals surface area contributed by atoms with Crippen LogP contribution >= 0.6 is 0 Å². The van der Waals surface area contributed by atoms with Gasteiger partial charge in [-0.2, -0.15) is 0 Å². The molecule has 0 bridgehead atoms. The number of nitrogen functional groups attached to an aromatic ring is 1. The van der Waals surface area contributed by atoms with E-state index in [2.05, 4.69) is 173 Å². The Kier molecular flexibility index (Phi) is 7.33. The molecule has 0 saturated carbocycles. The van der Waals surface area contributed by atoms with Crippen LogP contribution in [0, 0.1) is 0 Å². The molecule has 4 heteroatoms. The van der Waals surface area contributed by atoms with Gasteiger partial charge in [0.1, 0.15) is 12.4 Å². The Balaban J connectivity index is 1.27. The summed E-state index contributed by atoms with van der Waals surface area (Å²) in [5, 5.41) is 4.87. The fourth-order valence-electron chi connectivity index (χ4n) is 7.93. The first-order valence-corrected chi connectivity index (χ1v) is 18.0. The van der Waals surface area contributed by atoms with Gasteiger partial charge in [0.2, 0.25) is 0 Å². The predicted molar refractivity (Wildman–Crippen MR) is 221 cm³/mol. The Bertz CT molecular complexity index is 2720. The van der Waals surface area contributed by atoms with Gasteiger partial charge in [0.25, 0.3) is 0 Å². The molecule has 10 aromatic rings. The zero-order valence-electron chi connectivity index (χ0n) is 29.0. The maximum Gasteiger partial charge on any atom is 0.143 e. The quantitative estimate of drug-likeness (QED) is 0.170. The van der Waals surface area contributed by atoms with Gasteiger partial charge in [0.05, 0.1) is 27.8 Å². The third-order valence-electron chi connectivity index (χ3n) is 10.4. The van der Waals surface area contributed by atoms with Gasteiger partial charge in [-0.25, -0.2) is 0 Å². The number of benzene rings is 8. The molecule has 4 nitrogen and oxygen atoms in total. The second-order valence-corrected chi connectivity index (χ2v) is 13.6. The van der Waals surface area contributed by atoms with Gasteiger partial charge in [-0.15, -0.1) is 0 Å². The van der Waals surface area contributed by atoms with Crippen molar-refractivity contribution in [2.45, 2.75) is 6.61 Å². The minimum atomic E-state index is 0.413. The van der Waals surface area contributed by atoms with Crippen molar-refractivity contribution >= 4 is 49.3 Å². The number of nitrogens with zero attached hydrogens (tertiary/aromatic N) is 2. The molecule has 53 heavy (non-hydrogen) atoms. The Morgan fingerprint density at radius 1 is 0.396 bits per heavy atom. The zero-order chi connectivity index (χ0) is 35.3. The highest BCUT2D eigenvalue weighted by Crippen LogP contribution is 2.42. The number of anilines is 1. The number of ether oxygens (including phenoxy) is 1. The second kappa shape index (κ2) is 12.6. The summed E-state index contributed by atoms with van der Waals surface area (Å²) in [5.74, 6) is 0.658. The Morgan fingerprint density at radius 2 is 0.830 bits per heavy atom. The van der Waals surface area contributed by atoms with Crippen LogP contribution in [-0.2, 0) is 6.61 Å². The van der Waals surface area contributed by atoms with E-state index in [1.165, 1.54) is 21.5 Å². The van der Waals surface area contributed by atoms with Crippen molar-refractivity contribution in [1.82, 2.24) is 9.13 Å². The van der Waals surface area contributed by atoms with E-state index in [0.29, 0.717) is 18.0 Å². The van der Waals surface area contributed by atoms with Crippen molar-refractivity contribution in [3.8, 4) is 39.4 Å². The molecule has 0 spiro atoms. The van der Waals surface area contributed by atoms with Gasteiger partial charge in [-0.1, -0.05) is 133 Å². The minimum absolute atomic E-state index is 0.413. The minimum Gasteiger partial charge on any atom is -0.487 e. The molecule has 2 aromatic heterocycles. The highest BCUT2D eigenvalue weighted by molar-refractivity contribution is 6.11. The van der Waals surface area contributed by atoms with Gasteiger partial charge < -0.3 is 19.6 Å². The van der Waals surface area contributed by atoms with Crippen LogP contribution in [0.1, 0.15) is 5.56 Å². The molecule has 0 amide bonds. The average molecular weight is 682 g/mol. The summed E-state index contributed by atoms with van der Waals surface area (Å²) in [6.07, 6.45) is 0. The van der Waals surface area contributed by atoms with Crippen molar-refractivity contribution in [3.63, 3.8) is 0 Å². The molecular formula is C49H35N3O. The summed E-state index contributed by atoms with van der Waals surface area (Å²) in [6.45, 7) is 0.413. The first kappa shape index (κ1) is 30.8. The Hall–Kier alpha value is -7.04. The molecular weight excluding hydrogens is 647 g/mol. The maximum absolute atomic E-state index is 7.19. The lowest BCUT2D eigenvalue weighted by atomic mass is 9.96. The molecule has 2 N–H and O–H groups in total. The van der Waals surface area contributed by atoms with Crippen molar-refractivity contribution in [3.05, 3.63) is 194 Å². The highest BCUT2D eigenvalue weighted by Gasteiger charge is 2.20. The molecule has 0 unspecified atom stereocenters. The predicted octanol–water partition coefficient (Wildman–Crippen LogP) is 12.4. The molecule has 0 atom stereocenters. The first-order valence-electron chi connectivity index (χ1n) is 18.0. The summed E-state index contributed by atoms with van der Waals surface area (Å²) < 4.78 is 11.3. The lowest BCUT2D eigenvalue weighted by Gasteiger charge is -2.19. The summed E-state index contributed by atoms with van der Waals surface area (Å²) in [6, 6.07) is 66.5. The molecule has 2 heterocycles. The van der Waals surface area contributed by atoms with Crippen LogP contribution in [0.15, 0.2) is 188 Å². The Morgan fingerprint density at radius 3 is 1.32 bits per heavy atom. The van der Waals surface area contributed by atoms with Crippen molar-refractivity contribution < 1.29 is 4.74 Å². The molecule has 0 radical (unpaired) electrons. The van der Waals surface area contributed by atoms with Crippen LogP contribution < -0.4 is 10.5 Å². The molecule has 10 rings (SSSR count). The summed E-state index contributed by atoms with van der Waals surface area (Å²) in [4.78, 5) is 0. The van der Waals surface area contributed by atoms with E-state index in [4.69, 9.17) is 10.5 Å². The largest absolute Gasteiger partial charge is 0.487 e. The molecule has 0 aliphatic heterocycles. The lowest BCUT2D eigenvalue weighted by molar-refractivity contribution is 0.308. The van der Waals surface area contributed by atoms with Gasteiger partial charge in [-0.3, -0.25) is 0 Å². The SMILES string of the molecule is Nc1c(OCc2ccccc2)cc(-c2ccccc2)cc1-c1cc(-n2c3ccccc3c3ccccc32)cc(-n2c3ccccc3c3ccccc32)c1. The molecule has 0 fully saturated rings. The molecule has 8 aromatic carbocycles. The third kappa shape index (κ3) is 5.23. The van der Waals surface area contributed by atoms with E-state index < -0.39 is 0 Å². The zero-order valence-corrected chi connectivity index (χ0v) is 29.0. The van der Waals surface area contributed by atoms with Crippen molar-refractivity contribution in [2.24, 2.45) is 0 Å². The van der Waals surface area contributed by atoms with Crippen LogP contribution in [0.3, 0.4) is 0 Å². The fourth-order valence-corrected chi connectivity index (χ4v) is 7.93. The number of nitrogens with two attached hydrogens (primary N) is 1. The van der Waals surface area contributed by atoms with Crippen molar-refractivity contribution in [2.75, 3.05) is 5.73 Å². The molecule has 0 saturated heterocycles. The maximum atomic E-state index is 7.19. The van der Waals surface area contributed by atoms with Crippen LogP contribution in [-0.4, -0.2) is 9.13 Å². The van der Waals surface area contributed by atoms with Crippen LogP contribution in [0.25, 0.3) is 77.2 Å². The number of hydrogen-bond donors (Lipinski definition) is 1. The van der Waals surface area contributed by atoms with Crippen LogP contribution in [0.4, 0.5) is 5.69 Å². The summed E-state index contributed by atoms with van der Waals surface area (Å²) in [7, 11) is 0. The summed E-state index contributed by atoms with van der Waals surface area (Å²) in [5.41, 5.74) is 19.6. The number of hydrogen-bond acceptors (Lipinski definition) is 2. The van der Waals surface area contributed by atoms with E-state index in [1.54, 1.807) is 0 Å². The number of aromatic nitrogens is 2. The number of rotatable bonds is 7. The van der Waals surface area contributed by atoms with Gasteiger partial charge in [0, 0.05) is 38.5 Å². The topological polar surface area (TPSA) is 45.1 Å². The van der Waals surface area contributed by atoms with E-state index in [-0.39, 0.29) is 0 Å². The third-order valence-corrected chi connectivity index (χ3v) is 10.4. The van der Waals surface area contributed by atoms with Gasteiger partial charge in [-0.05, 0) is 76.9 Å². The fraction of sp³-hybridized carbons (Fsp3) is 0.0204. The normalized spacial score (nSPS) is 11.5. The van der Waals surface area contributed by atoms with Crippen LogP contribution in [0.5, 0.6) is 5.75 Å². The number of fused-ring (bicyclic) bond motifs is 6.